The van der Waals surface area contributed by atoms with Crippen LogP contribution in [0.1, 0.15) is 18.1 Å². The van der Waals surface area contributed by atoms with Crippen LogP contribution in [0.3, 0.4) is 0 Å². The Kier molecular flexibility index (Phi) is 4.75. The maximum atomic E-state index is 12.6. The number of nitrogens with zero attached hydrogens (tertiary/aromatic N) is 2. The lowest BCUT2D eigenvalue weighted by Gasteiger charge is -2.14. The Morgan fingerprint density at radius 2 is 1.87 bits per heavy atom. The Labute approximate surface area is 171 Å². The highest BCUT2D eigenvalue weighted by atomic mass is 16.5. The van der Waals surface area contributed by atoms with Crippen LogP contribution in [-0.2, 0) is 0 Å². The third kappa shape index (κ3) is 3.08. The molecule has 1 aliphatic rings. The van der Waals surface area contributed by atoms with E-state index in [0.717, 1.165) is 15.8 Å². The molecule has 0 atom stereocenters. The van der Waals surface area contributed by atoms with Gasteiger partial charge in [-0.25, -0.2) is 9.36 Å². The number of allylic oxidation sites excluding steroid dienone is 1. The van der Waals surface area contributed by atoms with E-state index >= 15 is 0 Å². The van der Waals surface area contributed by atoms with Gasteiger partial charge in [0.2, 0.25) is 5.88 Å². The van der Waals surface area contributed by atoms with Gasteiger partial charge < -0.3 is 14.6 Å². The van der Waals surface area contributed by atoms with Crippen LogP contribution < -0.4 is 20.7 Å². The number of H-pyrrole nitrogens is 1. The van der Waals surface area contributed by atoms with Gasteiger partial charge in [-0.2, -0.15) is 0 Å². The minimum Gasteiger partial charge on any atom is -0.497 e. The van der Waals surface area contributed by atoms with Crippen molar-refractivity contribution in [2.24, 2.45) is 4.99 Å². The number of rotatable bonds is 4. The molecule has 4 rings (SSSR count). The fourth-order valence-corrected chi connectivity index (χ4v) is 3.42. The van der Waals surface area contributed by atoms with Crippen molar-refractivity contribution in [2.45, 2.75) is 6.92 Å². The van der Waals surface area contributed by atoms with Crippen molar-refractivity contribution < 1.29 is 14.6 Å². The fourth-order valence-electron chi connectivity index (χ4n) is 3.42. The number of fused-ring (bicyclic) bond motifs is 1. The molecule has 30 heavy (non-hydrogen) atoms. The van der Waals surface area contributed by atoms with Crippen molar-refractivity contribution in [2.75, 3.05) is 14.2 Å². The highest BCUT2D eigenvalue weighted by molar-refractivity contribution is 6.31. The molecule has 152 valence electrons. The maximum Gasteiger partial charge on any atom is 0.335 e. The molecule has 0 spiro atoms. The summed E-state index contributed by atoms with van der Waals surface area (Å²) in [5.74, 6) is 0.263. The first-order valence-electron chi connectivity index (χ1n) is 9.12. The minimum absolute atomic E-state index is 0.0688. The molecule has 2 aromatic carbocycles. The van der Waals surface area contributed by atoms with Gasteiger partial charge in [0.05, 0.1) is 25.6 Å². The van der Waals surface area contributed by atoms with Crippen LogP contribution in [-0.4, -0.2) is 34.6 Å². The first kappa shape index (κ1) is 19.3. The molecule has 1 aromatic heterocycles. The van der Waals surface area contributed by atoms with Crippen LogP contribution in [0.15, 0.2) is 57.0 Å². The van der Waals surface area contributed by atoms with Crippen molar-refractivity contribution in [3.8, 4) is 23.1 Å². The highest BCUT2D eigenvalue weighted by Gasteiger charge is 2.22. The van der Waals surface area contributed by atoms with E-state index in [1.807, 2.05) is 31.2 Å². The number of methoxy groups -OCH3 is 2. The van der Waals surface area contributed by atoms with Crippen molar-refractivity contribution in [1.29, 1.82) is 0 Å². The van der Waals surface area contributed by atoms with Gasteiger partial charge in [-0.1, -0.05) is 18.2 Å². The largest absolute Gasteiger partial charge is 0.497 e. The van der Waals surface area contributed by atoms with Gasteiger partial charge in [-0.15, -0.1) is 0 Å². The molecular weight excluding hydrogens is 386 g/mol. The summed E-state index contributed by atoms with van der Waals surface area (Å²) in [7, 11) is 2.92. The van der Waals surface area contributed by atoms with Crippen LogP contribution in [0.25, 0.3) is 17.3 Å². The smallest absolute Gasteiger partial charge is 0.335 e. The maximum absolute atomic E-state index is 12.6. The molecule has 0 aliphatic carbocycles. The first-order valence-corrected chi connectivity index (χ1v) is 9.12. The van der Waals surface area contributed by atoms with E-state index in [2.05, 4.69) is 9.98 Å². The van der Waals surface area contributed by atoms with Gasteiger partial charge >= 0.3 is 5.69 Å². The number of aromatic hydroxyl groups is 1. The van der Waals surface area contributed by atoms with Crippen LogP contribution in [0.4, 0.5) is 5.69 Å². The molecule has 0 saturated carbocycles. The normalized spacial score (nSPS) is 13.8. The van der Waals surface area contributed by atoms with Crippen LogP contribution in [0.2, 0.25) is 0 Å². The van der Waals surface area contributed by atoms with E-state index in [0.29, 0.717) is 22.8 Å². The van der Waals surface area contributed by atoms with Gasteiger partial charge in [0, 0.05) is 22.9 Å². The molecule has 3 aromatic rings. The highest BCUT2D eigenvalue weighted by Crippen LogP contribution is 2.36. The summed E-state index contributed by atoms with van der Waals surface area (Å²) in [5.41, 5.74) is 1.66. The number of aromatic nitrogens is 2. The molecular formula is C22H19N3O5. The van der Waals surface area contributed by atoms with Gasteiger partial charge in [0.1, 0.15) is 17.1 Å². The summed E-state index contributed by atoms with van der Waals surface area (Å²) in [6.45, 7) is 1.82. The number of benzene rings is 2. The molecule has 8 heteroatoms. The number of aliphatic imine (C=N–C) groups is 1. The first-order chi connectivity index (χ1) is 14.4. The fraction of sp³-hybridized carbons (Fsp3) is 0.136. The lowest BCUT2D eigenvalue weighted by Crippen LogP contribution is -2.30. The number of para-hydroxylation sites is 1. The molecule has 0 bridgehead atoms. The molecule has 0 unspecified atom stereocenters. The topological polar surface area (TPSA) is 106 Å². The lowest BCUT2D eigenvalue weighted by atomic mass is 10.0. The number of hydrogen-bond donors (Lipinski definition) is 2. The third-order valence-corrected chi connectivity index (χ3v) is 4.91. The number of nitrogens with one attached hydrogen (secondary N) is 1. The van der Waals surface area contributed by atoms with Crippen molar-refractivity contribution >= 4 is 23.0 Å². The van der Waals surface area contributed by atoms with Crippen molar-refractivity contribution in [3.63, 3.8) is 0 Å². The summed E-state index contributed by atoms with van der Waals surface area (Å²) >= 11 is 0. The Morgan fingerprint density at radius 3 is 2.60 bits per heavy atom. The quantitative estimate of drug-likeness (QED) is 0.694. The average molecular weight is 405 g/mol. The predicted molar refractivity (Wildman–Crippen MR) is 115 cm³/mol. The molecule has 1 aliphatic heterocycles. The lowest BCUT2D eigenvalue weighted by molar-refractivity contribution is 0.393. The molecule has 0 fully saturated rings. The van der Waals surface area contributed by atoms with E-state index < -0.39 is 17.1 Å². The van der Waals surface area contributed by atoms with E-state index in [9.17, 15) is 14.7 Å². The Morgan fingerprint density at radius 1 is 1.10 bits per heavy atom. The number of ether oxygens (including phenoxy) is 2. The SMILES string of the molecule is COc1ccc(OC)c(-n2c(O)c(C=C3C(C)=Nc4ccccc43)c(=O)[nH]c2=O)c1. The predicted octanol–water partition coefficient (Wildman–Crippen LogP) is 2.90. The monoisotopic (exact) mass is 405 g/mol. The zero-order valence-electron chi connectivity index (χ0n) is 16.6. The summed E-state index contributed by atoms with van der Waals surface area (Å²) in [4.78, 5) is 31.9. The van der Waals surface area contributed by atoms with E-state index in [1.165, 1.54) is 26.4 Å². The second kappa shape index (κ2) is 7.40. The number of hydrogen-bond acceptors (Lipinski definition) is 6. The molecule has 8 nitrogen and oxygen atoms in total. The Bertz CT molecular complexity index is 1330. The zero-order chi connectivity index (χ0) is 21.4. The summed E-state index contributed by atoms with van der Waals surface area (Å²) < 4.78 is 11.5. The molecule has 0 saturated heterocycles. The average Bonchev–Trinajstić information content (AvgIpc) is 3.05. The van der Waals surface area contributed by atoms with Crippen LogP contribution >= 0.6 is 0 Å². The molecule has 2 heterocycles. The molecule has 0 amide bonds. The number of aromatic amines is 1. The zero-order valence-corrected chi connectivity index (χ0v) is 16.6. The van der Waals surface area contributed by atoms with Gasteiger partial charge in [0.25, 0.3) is 5.56 Å². The molecule has 0 radical (unpaired) electrons. The van der Waals surface area contributed by atoms with E-state index in [-0.39, 0.29) is 11.3 Å². The minimum atomic E-state index is -0.802. The van der Waals surface area contributed by atoms with Gasteiger partial charge in [-0.05, 0) is 31.2 Å². The van der Waals surface area contributed by atoms with Crippen LogP contribution in [0.5, 0.6) is 17.4 Å². The van der Waals surface area contributed by atoms with Crippen molar-refractivity contribution in [1.82, 2.24) is 9.55 Å². The summed E-state index contributed by atoms with van der Waals surface area (Å²) in [6.07, 6.45) is 1.53. The van der Waals surface area contributed by atoms with Crippen molar-refractivity contribution in [3.05, 3.63) is 74.4 Å². The van der Waals surface area contributed by atoms with Gasteiger partial charge in [-0.3, -0.25) is 14.8 Å². The van der Waals surface area contributed by atoms with E-state index in [1.54, 1.807) is 12.1 Å². The second-order valence-electron chi connectivity index (χ2n) is 6.64. The molecule has 2 N–H and O–H groups in total. The third-order valence-electron chi connectivity index (χ3n) is 4.91. The summed E-state index contributed by atoms with van der Waals surface area (Å²) in [6, 6.07) is 12.3. The van der Waals surface area contributed by atoms with Crippen LogP contribution in [0, 0.1) is 0 Å². The summed E-state index contributed by atoms with van der Waals surface area (Å²) in [5, 5.41) is 10.9. The van der Waals surface area contributed by atoms with E-state index in [4.69, 9.17) is 9.47 Å². The standard InChI is InChI=1S/C22H19N3O5/c1-12-15(14-6-4-5-7-17(14)23-12)11-16-20(26)24-22(28)25(21(16)27)18-10-13(29-2)8-9-19(18)30-3/h4-11,27H,1-3H3,(H,24,26,28). The second-order valence-corrected chi connectivity index (χ2v) is 6.64. The Hall–Kier alpha value is -4.07. The Balaban J connectivity index is 1.97. The van der Waals surface area contributed by atoms with Gasteiger partial charge in [0.15, 0.2) is 0 Å².